The van der Waals surface area contributed by atoms with E-state index in [0.717, 1.165) is 43.7 Å². The van der Waals surface area contributed by atoms with Crippen molar-refractivity contribution in [1.82, 2.24) is 25.0 Å². The van der Waals surface area contributed by atoms with Crippen molar-refractivity contribution in [2.45, 2.75) is 26.8 Å². The molecule has 1 fully saturated rings. The predicted octanol–water partition coefficient (Wildman–Crippen LogP) is 1.84. The first kappa shape index (κ1) is 23.6. The van der Waals surface area contributed by atoms with E-state index in [2.05, 4.69) is 63.6 Å². The van der Waals surface area contributed by atoms with Crippen molar-refractivity contribution in [3.8, 4) is 0 Å². The number of benzene rings is 1. The molecule has 0 amide bonds. The number of hydrogen-bond acceptors (Lipinski definition) is 6. The summed E-state index contributed by atoms with van der Waals surface area (Å²) in [6.45, 7) is 7.49. The van der Waals surface area contributed by atoms with Crippen LogP contribution in [-0.2, 0) is 23.1 Å². The van der Waals surface area contributed by atoms with Crippen molar-refractivity contribution in [3.63, 3.8) is 0 Å². The van der Waals surface area contributed by atoms with E-state index >= 15 is 0 Å². The molecule has 1 aromatic carbocycles. The number of para-hydroxylation sites is 1. The Bertz CT molecular complexity index is 912. The molecule has 2 aromatic rings. The number of aliphatic imine (C=N–C) groups is 1. The van der Waals surface area contributed by atoms with Gasteiger partial charge in [0, 0.05) is 46.0 Å². The molecule has 1 aromatic heterocycles. The first-order valence-electron chi connectivity index (χ1n) is 11.1. The van der Waals surface area contributed by atoms with Gasteiger partial charge in [0.1, 0.15) is 12.4 Å². The second-order valence-corrected chi connectivity index (χ2v) is 8.41. The summed E-state index contributed by atoms with van der Waals surface area (Å²) in [4.78, 5) is 21.4. The quantitative estimate of drug-likeness (QED) is 0.289. The molecule has 2 heterocycles. The third-order valence-corrected chi connectivity index (χ3v) is 6.12. The van der Waals surface area contributed by atoms with Crippen molar-refractivity contribution in [2.75, 3.05) is 45.2 Å². The minimum Gasteiger partial charge on any atom is -0.469 e. The maximum atomic E-state index is 12.2. The number of methoxy groups -OCH3 is 1. The molecular formula is C23H35N7O2. The van der Waals surface area contributed by atoms with Crippen molar-refractivity contribution in [3.05, 3.63) is 42.0 Å². The van der Waals surface area contributed by atoms with Crippen LogP contribution in [0.3, 0.4) is 0 Å². The summed E-state index contributed by atoms with van der Waals surface area (Å²) >= 11 is 0. The Morgan fingerprint density at radius 2 is 2.03 bits per heavy atom. The second kappa shape index (κ2) is 11.0. The summed E-state index contributed by atoms with van der Waals surface area (Å²) in [5, 5.41) is 11.8. The van der Waals surface area contributed by atoms with E-state index in [1.54, 1.807) is 0 Å². The van der Waals surface area contributed by atoms with Gasteiger partial charge in [-0.3, -0.25) is 4.79 Å². The number of carbonyl (C=O) groups is 1. The van der Waals surface area contributed by atoms with Crippen LogP contribution in [0.15, 0.2) is 35.3 Å². The number of nitrogens with zero attached hydrogens (tertiary/aromatic N) is 6. The standard InChI is InChI=1S/C23H35N7O2/c1-17-15-30(16-20(17)22(31)32-5)23(25-14-21-27-26-18(2)29(21)4)24-12-9-13-28(3)19-10-7-6-8-11-19/h6-8,10-11,17,20H,9,12-16H2,1-5H3,(H,24,25). The zero-order valence-corrected chi connectivity index (χ0v) is 19.8. The molecule has 1 aliphatic rings. The van der Waals surface area contributed by atoms with Crippen LogP contribution in [0, 0.1) is 18.8 Å². The third-order valence-electron chi connectivity index (χ3n) is 6.12. The average molecular weight is 442 g/mol. The number of anilines is 1. The molecule has 32 heavy (non-hydrogen) atoms. The highest BCUT2D eigenvalue weighted by atomic mass is 16.5. The third kappa shape index (κ3) is 5.77. The number of aryl methyl sites for hydroxylation is 1. The fourth-order valence-electron chi connectivity index (χ4n) is 3.93. The molecule has 3 rings (SSSR count). The predicted molar refractivity (Wildman–Crippen MR) is 125 cm³/mol. The number of esters is 1. The first-order chi connectivity index (χ1) is 15.4. The molecule has 9 heteroatoms. The van der Waals surface area contributed by atoms with Crippen LogP contribution in [0.5, 0.6) is 0 Å². The Balaban J connectivity index is 1.63. The van der Waals surface area contributed by atoms with Gasteiger partial charge in [-0.05, 0) is 31.4 Å². The van der Waals surface area contributed by atoms with Crippen molar-refractivity contribution < 1.29 is 9.53 Å². The highest BCUT2D eigenvalue weighted by Crippen LogP contribution is 2.24. The van der Waals surface area contributed by atoms with Crippen LogP contribution in [0.25, 0.3) is 0 Å². The summed E-state index contributed by atoms with van der Waals surface area (Å²) in [5.41, 5.74) is 1.20. The molecular weight excluding hydrogens is 406 g/mol. The Labute approximate surface area is 190 Å². The molecule has 0 spiro atoms. The minimum absolute atomic E-state index is 0.145. The molecule has 174 valence electrons. The lowest BCUT2D eigenvalue weighted by atomic mass is 9.99. The minimum atomic E-state index is -0.159. The average Bonchev–Trinajstić information content (AvgIpc) is 3.35. The van der Waals surface area contributed by atoms with Gasteiger partial charge in [0.25, 0.3) is 0 Å². The number of nitrogens with one attached hydrogen (secondary N) is 1. The summed E-state index contributed by atoms with van der Waals surface area (Å²) in [6.07, 6.45) is 0.956. The van der Waals surface area contributed by atoms with E-state index in [1.807, 2.05) is 24.6 Å². The topological polar surface area (TPSA) is 87.9 Å². The largest absolute Gasteiger partial charge is 0.469 e. The Kier molecular flexibility index (Phi) is 8.08. The summed E-state index contributed by atoms with van der Waals surface area (Å²) in [7, 11) is 5.49. The molecule has 1 N–H and O–H groups in total. The molecule has 0 radical (unpaired) electrons. The van der Waals surface area contributed by atoms with Gasteiger partial charge in [0.15, 0.2) is 11.8 Å². The van der Waals surface area contributed by atoms with Gasteiger partial charge in [0.2, 0.25) is 0 Å². The fourth-order valence-corrected chi connectivity index (χ4v) is 3.93. The van der Waals surface area contributed by atoms with E-state index in [9.17, 15) is 4.79 Å². The van der Waals surface area contributed by atoms with Gasteiger partial charge in [0.05, 0.1) is 13.0 Å². The monoisotopic (exact) mass is 441 g/mol. The fraction of sp³-hybridized carbons (Fsp3) is 0.565. The Hall–Kier alpha value is -3.10. The zero-order chi connectivity index (χ0) is 23.1. The van der Waals surface area contributed by atoms with Gasteiger partial charge >= 0.3 is 5.97 Å². The summed E-state index contributed by atoms with van der Waals surface area (Å²) in [5.74, 6) is 2.36. The van der Waals surface area contributed by atoms with E-state index in [1.165, 1.54) is 12.8 Å². The maximum absolute atomic E-state index is 12.2. The molecule has 1 aliphatic heterocycles. The number of ether oxygens (including phenoxy) is 1. The molecule has 0 saturated carbocycles. The molecule has 2 atom stereocenters. The lowest BCUT2D eigenvalue weighted by Gasteiger charge is -2.23. The van der Waals surface area contributed by atoms with Crippen LogP contribution in [0.1, 0.15) is 25.0 Å². The summed E-state index contributed by atoms with van der Waals surface area (Å²) < 4.78 is 6.94. The van der Waals surface area contributed by atoms with Gasteiger partial charge in [-0.25, -0.2) is 4.99 Å². The van der Waals surface area contributed by atoms with Gasteiger partial charge in [-0.1, -0.05) is 25.1 Å². The van der Waals surface area contributed by atoms with Crippen LogP contribution in [0.2, 0.25) is 0 Å². The molecule has 0 aliphatic carbocycles. The Morgan fingerprint density at radius 1 is 1.28 bits per heavy atom. The van der Waals surface area contributed by atoms with Crippen LogP contribution < -0.4 is 10.2 Å². The highest BCUT2D eigenvalue weighted by Gasteiger charge is 2.37. The van der Waals surface area contributed by atoms with Gasteiger partial charge < -0.3 is 24.4 Å². The first-order valence-corrected chi connectivity index (χ1v) is 11.1. The van der Waals surface area contributed by atoms with Crippen LogP contribution >= 0.6 is 0 Å². The number of rotatable bonds is 8. The highest BCUT2D eigenvalue weighted by molar-refractivity contribution is 5.82. The second-order valence-electron chi connectivity index (χ2n) is 8.41. The molecule has 2 unspecified atom stereocenters. The number of guanidine groups is 1. The SMILES string of the molecule is COC(=O)C1CN(C(=NCc2nnc(C)n2C)NCCCN(C)c2ccccc2)CC1C. The van der Waals surface area contributed by atoms with Crippen LogP contribution in [0.4, 0.5) is 5.69 Å². The number of carbonyl (C=O) groups excluding carboxylic acids is 1. The lowest BCUT2D eigenvalue weighted by Crippen LogP contribution is -2.41. The number of likely N-dealkylation sites (tertiary alicyclic amines) is 1. The van der Waals surface area contributed by atoms with Gasteiger partial charge in [-0.2, -0.15) is 0 Å². The summed E-state index contributed by atoms with van der Waals surface area (Å²) in [6, 6.07) is 10.4. The number of hydrogen-bond donors (Lipinski definition) is 1. The van der Waals surface area contributed by atoms with E-state index in [4.69, 9.17) is 9.73 Å². The molecule has 9 nitrogen and oxygen atoms in total. The van der Waals surface area contributed by atoms with Crippen molar-refractivity contribution in [1.29, 1.82) is 0 Å². The lowest BCUT2D eigenvalue weighted by molar-refractivity contribution is -0.145. The molecule has 1 saturated heterocycles. The van der Waals surface area contributed by atoms with Crippen molar-refractivity contribution >= 4 is 17.6 Å². The maximum Gasteiger partial charge on any atom is 0.310 e. The van der Waals surface area contributed by atoms with E-state index < -0.39 is 0 Å². The molecule has 0 bridgehead atoms. The normalized spacial score (nSPS) is 18.7. The zero-order valence-electron chi connectivity index (χ0n) is 19.8. The van der Waals surface area contributed by atoms with Crippen molar-refractivity contribution in [2.24, 2.45) is 23.9 Å². The van der Waals surface area contributed by atoms with Gasteiger partial charge in [-0.15, -0.1) is 10.2 Å². The Morgan fingerprint density at radius 3 is 2.69 bits per heavy atom. The van der Waals surface area contributed by atoms with E-state index in [-0.39, 0.29) is 17.8 Å². The van der Waals surface area contributed by atoms with Crippen LogP contribution in [-0.4, -0.2) is 71.9 Å². The number of aromatic nitrogens is 3. The smallest absolute Gasteiger partial charge is 0.310 e. The van der Waals surface area contributed by atoms with E-state index in [0.29, 0.717) is 13.1 Å².